The van der Waals surface area contributed by atoms with Gasteiger partial charge in [-0.25, -0.2) is 0 Å². The Morgan fingerprint density at radius 2 is 2.00 bits per heavy atom. The molecule has 2 amide bonds. The SMILES string of the molecule is CC1NC(=O)C(C(C)C)N(C2CCOC(C)(C)C2)C1=O. The van der Waals surface area contributed by atoms with Gasteiger partial charge in [0.2, 0.25) is 11.8 Å². The highest BCUT2D eigenvalue weighted by atomic mass is 16.5. The highest BCUT2D eigenvalue weighted by Gasteiger charge is 2.45. The Morgan fingerprint density at radius 3 is 2.55 bits per heavy atom. The Hall–Kier alpha value is -1.10. The number of ether oxygens (including phenoxy) is 1. The lowest BCUT2D eigenvalue weighted by Crippen LogP contribution is -2.67. The average molecular weight is 282 g/mol. The van der Waals surface area contributed by atoms with Gasteiger partial charge in [0.05, 0.1) is 5.60 Å². The predicted octanol–water partition coefficient (Wildman–Crippen LogP) is 1.32. The van der Waals surface area contributed by atoms with E-state index in [-0.39, 0.29) is 35.4 Å². The quantitative estimate of drug-likeness (QED) is 0.831. The van der Waals surface area contributed by atoms with Gasteiger partial charge in [-0.2, -0.15) is 0 Å². The largest absolute Gasteiger partial charge is 0.375 e. The first-order chi connectivity index (χ1) is 9.23. The first kappa shape index (κ1) is 15.3. The van der Waals surface area contributed by atoms with Crippen LogP contribution in [0, 0.1) is 5.92 Å². The first-order valence-electron chi connectivity index (χ1n) is 7.49. The van der Waals surface area contributed by atoms with Crippen LogP contribution in [0.4, 0.5) is 0 Å². The summed E-state index contributed by atoms with van der Waals surface area (Å²) in [6.07, 6.45) is 1.58. The maximum Gasteiger partial charge on any atom is 0.245 e. The zero-order valence-corrected chi connectivity index (χ0v) is 13.1. The molecule has 20 heavy (non-hydrogen) atoms. The number of nitrogens with one attached hydrogen (secondary N) is 1. The van der Waals surface area contributed by atoms with E-state index in [1.807, 2.05) is 32.6 Å². The number of nitrogens with zero attached hydrogens (tertiary/aromatic N) is 1. The Balaban J connectivity index is 2.28. The molecule has 0 spiro atoms. The number of hydrogen-bond acceptors (Lipinski definition) is 3. The third-order valence-corrected chi connectivity index (χ3v) is 4.25. The highest BCUT2D eigenvalue weighted by molar-refractivity contribution is 5.97. The van der Waals surface area contributed by atoms with Crippen LogP contribution in [0.2, 0.25) is 0 Å². The summed E-state index contributed by atoms with van der Waals surface area (Å²) in [5, 5.41) is 2.79. The minimum Gasteiger partial charge on any atom is -0.375 e. The fourth-order valence-electron chi connectivity index (χ4n) is 3.32. The van der Waals surface area contributed by atoms with E-state index in [2.05, 4.69) is 5.32 Å². The number of hydrogen-bond donors (Lipinski definition) is 1. The van der Waals surface area contributed by atoms with Crippen molar-refractivity contribution in [2.75, 3.05) is 6.61 Å². The Kier molecular flexibility index (Phi) is 4.09. The summed E-state index contributed by atoms with van der Waals surface area (Å²) in [5.41, 5.74) is -0.234. The molecule has 3 atom stereocenters. The van der Waals surface area contributed by atoms with Crippen molar-refractivity contribution in [2.24, 2.45) is 5.92 Å². The van der Waals surface area contributed by atoms with E-state index < -0.39 is 6.04 Å². The molecule has 3 unspecified atom stereocenters. The third kappa shape index (κ3) is 2.82. The molecule has 0 aromatic rings. The smallest absolute Gasteiger partial charge is 0.245 e. The maximum atomic E-state index is 12.6. The van der Waals surface area contributed by atoms with Crippen molar-refractivity contribution in [3.05, 3.63) is 0 Å². The van der Waals surface area contributed by atoms with E-state index in [0.717, 1.165) is 12.8 Å². The van der Waals surface area contributed by atoms with Crippen LogP contribution in [0.25, 0.3) is 0 Å². The number of carbonyl (C=O) groups is 2. The van der Waals surface area contributed by atoms with E-state index in [1.54, 1.807) is 6.92 Å². The number of carbonyl (C=O) groups excluding carboxylic acids is 2. The minimum atomic E-state index is -0.427. The monoisotopic (exact) mass is 282 g/mol. The lowest BCUT2D eigenvalue weighted by Gasteiger charge is -2.48. The van der Waals surface area contributed by atoms with Crippen molar-refractivity contribution < 1.29 is 14.3 Å². The molecule has 0 bridgehead atoms. The van der Waals surface area contributed by atoms with Crippen molar-refractivity contribution >= 4 is 11.8 Å². The Labute approximate surface area is 121 Å². The second kappa shape index (κ2) is 5.35. The normalized spacial score (nSPS) is 34.3. The van der Waals surface area contributed by atoms with Gasteiger partial charge in [0.25, 0.3) is 0 Å². The number of rotatable bonds is 2. The molecule has 0 saturated carbocycles. The second-order valence-corrected chi connectivity index (χ2v) is 6.92. The van der Waals surface area contributed by atoms with Gasteiger partial charge in [-0.1, -0.05) is 13.8 Å². The molecule has 5 nitrogen and oxygen atoms in total. The lowest BCUT2D eigenvalue weighted by molar-refractivity contribution is -0.160. The molecule has 114 valence electrons. The maximum absolute atomic E-state index is 12.6. The van der Waals surface area contributed by atoms with Crippen molar-refractivity contribution in [3.63, 3.8) is 0 Å². The topological polar surface area (TPSA) is 58.6 Å². The van der Waals surface area contributed by atoms with Gasteiger partial charge in [-0.05, 0) is 39.5 Å². The first-order valence-corrected chi connectivity index (χ1v) is 7.49. The highest BCUT2D eigenvalue weighted by Crippen LogP contribution is 2.31. The van der Waals surface area contributed by atoms with Crippen LogP contribution in [0.15, 0.2) is 0 Å². The fourth-order valence-corrected chi connectivity index (χ4v) is 3.32. The lowest BCUT2D eigenvalue weighted by atomic mass is 9.88. The molecule has 2 aliphatic rings. The summed E-state index contributed by atoms with van der Waals surface area (Å²) in [7, 11) is 0. The molecular formula is C15H26N2O3. The predicted molar refractivity (Wildman–Crippen MR) is 76.1 cm³/mol. The van der Waals surface area contributed by atoms with Crippen molar-refractivity contribution in [1.29, 1.82) is 0 Å². The van der Waals surface area contributed by atoms with Gasteiger partial charge in [0.1, 0.15) is 12.1 Å². The molecule has 0 aliphatic carbocycles. The number of piperazine rings is 1. The molecule has 2 heterocycles. The Bertz CT molecular complexity index is 406. The van der Waals surface area contributed by atoms with Crippen LogP contribution in [0.5, 0.6) is 0 Å². The van der Waals surface area contributed by atoms with Gasteiger partial charge in [0, 0.05) is 12.6 Å². The van der Waals surface area contributed by atoms with E-state index in [0.29, 0.717) is 6.61 Å². The van der Waals surface area contributed by atoms with E-state index in [9.17, 15) is 9.59 Å². The zero-order chi connectivity index (χ0) is 15.1. The molecule has 0 aromatic carbocycles. The summed E-state index contributed by atoms with van der Waals surface area (Å²) in [5.74, 6) is 0.111. The molecule has 1 N–H and O–H groups in total. The van der Waals surface area contributed by atoms with Crippen molar-refractivity contribution in [1.82, 2.24) is 10.2 Å². The van der Waals surface area contributed by atoms with Crippen LogP contribution in [0.3, 0.4) is 0 Å². The van der Waals surface area contributed by atoms with Crippen LogP contribution in [-0.2, 0) is 14.3 Å². The summed E-state index contributed by atoms with van der Waals surface area (Å²) in [6, 6.07) is -0.701. The van der Waals surface area contributed by atoms with E-state index >= 15 is 0 Å². The van der Waals surface area contributed by atoms with Crippen LogP contribution < -0.4 is 5.32 Å². The minimum absolute atomic E-state index is 0.0311. The van der Waals surface area contributed by atoms with E-state index in [4.69, 9.17) is 4.74 Å². The summed E-state index contributed by atoms with van der Waals surface area (Å²) < 4.78 is 5.73. The van der Waals surface area contributed by atoms with Crippen LogP contribution >= 0.6 is 0 Å². The zero-order valence-electron chi connectivity index (χ0n) is 13.1. The summed E-state index contributed by atoms with van der Waals surface area (Å²) in [6.45, 7) is 10.5. The molecule has 0 aromatic heterocycles. The summed E-state index contributed by atoms with van der Waals surface area (Å²) in [4.78, 5) is 26.7. The molecule has 2 aliphatic heterocycles. The van der Waals surface area contributed by atoms with Crippen molar-refractivity contribution in [3.8, 4) is 0 Å². The van der Waals surface area contributed by atoms with Crippen molar-refractivity contribution in [2.45, 2.75) is 71.2 Å². The van der Waals surface area contributed by atoms with Gasteiger partial charge in [-0.15, -0.1) is 0 Å². The van der Waals surface area contributed by atoms with E-state index in [1.165, 1.54) is 0 Å². The molecule has 5 heteroatoms. The van der Waals surface area contributed by atoms with Crippen LogP contribution in [-0.4, -0.2) is 47.0 Å². The molecule has 0 radical (unpaired) electrons. The Morgan fingerprint density at radius 1 is 1.35 bits per heavy atom. The standard InChI is InChI=1S/C15H26N2O3/c1-9(2)12-13(18)16-10(3)14(19)17(12)11-6-7-20-15(4,5)8-11/h9-12H,6-8H2,1-5H3,(H,16,18). The van der Waals surface area contributed by atoms with Crippen LogP contribution in [0.1, 0.15) is 47.5 Å². The van der Waals surface area contributed by atoms with Gasteiger partial charge < -0.3 is 15.0 Å². The molecular weight excluding hydrogens is 256 g/mol. The molecule has 2 saturated heterocycles. The third-order valence-electron chi connectivity index (χ3n) is 4.25. The van der Waals surface area contributed by atoms with Gasteiger partial charge in [0.15, 0.2) is 0 Å². The summed E-state index contributed by atoms with van der Waals surface area (Å²) >= 11 is 0. The van der Waals surface area contributed by atoms with Gasteiger partial charge >= 0.3 is 0 Å². The average Bonchev–Trinajstić information content (AvgIpc) is 2.31. The van der Waals surface area contributed by atoms with Gasteiger partial charge in [-0.3, -0.25) is 9.59 Å². The molecule has 2 rings (SSSR count). The second-order valence-electron chi connectivity index (χ2n) is 6.92. The fraction of sp³-hybridized carbons (Fsp3) is 0.867. The molecule has 2 fully saturated rings. The number of amides is 2.